The fourth-order valence-electron chi connectivity index (χ4n) is 2.59. The Morgan fingerprint density at radius 3 is 2.81 bits per heavy atom. The molecule has 16 heavy (non-hydrogen) atoms. The van der Waals surface area contributed by atoms with Gasteiger partial charge in [-0.05, 0) is 43.3 Å². The normalized spacial score (nSPS) is 34.9. The van der Waals surface area contributed by atoms with E-state index in [-0.39, 0.29) is 1.43 Å². The molecule has 3 heteroatoms. The molecule has 2 rings (SSSR count). The van der Waals surface area contributed by atoms with Crippen LogP contribution in [-0.4, -0.2) is 31.7 Å². The van der Waals surface area contributed by atoms with Gasteiger partial charge >= 0.3 is 0 Å². The van der Waals surface area contributed by atoms with Crippen molar-refractivity contribution in [1.82, 2.24) is 10.4 Å². The van der Waals surface area contributed by atoms with Crippen LogP contribution in [0.15, 0.2) is 12.3 Å². The zero-order valence-corrected chi connectivity index (χ0v) is 11.1. The summed E-state index contributed by atoms with van der Waals surface area (Å²) < 4.78 is 0. The maximum atomic E-state index is 5.27. The largest absolute Gasteiger partial charge is 0.414 e. The maximum Gasteiger partial charge on any atom is 0.107 e. The predicted octanol–water partition coefficient (Wildman–Crippen LogP) is 2.51. The van der Waals surface area contributed by atoms with Crippen LogP contribution in [0.2, 0.25) is 0 Å². The van der Waals surface area contributed by atoms with Gasteiger partial charge in [-0.3, -0.25) is 0 Å². The van der Waals surface area contributed by atoms with Crippen LogP contribution >= 0.6 is 0 Å². The third-order valence-corrected chi connectivity index (χ3v) is 3.44. The molecule has 0 aromatic carbocycles. The fourth-order valence-corrected chi connectivity index (χ4v) is 2.59. The topological polar surface area (TPSA) is 24.5 Å². The van der Waals surface area contributed by atoms with Gasteiger partial charge in [-0.15, -0.1) is 5.06 Å². The predicted molar refractivity (Wildman–Crippen MR) is 69.9 cm³/mol. The van der Waals surface area contributed by atoms with E-state index in [9.17, 15) is 0 Å². The summed E-state index contributed by atoms with van der Waals surface area (Å²) in [7, 11) is 2.00. The molecule has 96 valence electrons. The molecular weight excluding hydrogens is 200 g/mol. The molecule has 2 heterocycles. The van der Waals surface area contributed by atoms with E-state index >= 15 is 0 Å². The lowest BCUT2D eigenvalue weighted by atomic mass is 9.78. The lowest BCUT2D eigenvalue weighted by Crippen LogP contribution is -2.42. The molecule has 1 saturated heterocycles. The van der Waals surface area contributed by atoms with Crippen LogP contribution < -0.4 is 5.32 Å². The Labute approximate surface area is 101 Å². The van der Waals surface area contributed by atoms with Crippen molar-refractivity contribution in [2.24, 2.45) is 17.8 Å². The maximum absolute atomic E-state index is 5.27. The van der Waals surface area contributed by atoms with Gasteiger partial charge in [0.05, 0.1) is 0 Å². The molecule has 0 saturated carbocycles. The van der Waals surface area contributed by atoms with Gasteiger partial charge in [0.2, 0.25) is 0 Å². The Morgan fingerprint density at radius 2 is 2.19 bits per heavy atom. The molecular formula is C13H28N2O. The number of rotatable bonds is 1. The molecule has 3 unspecified atom stereocenters. The summed E-state index contributed by atoms with van der Waals surface area (Å²) in [4.78, 5) is 5.27. The van der Waals surface area contributed by atoms with Crippen molar-refractivity contribution in [2.45, 2.75) is 27.2 Å². The van der Waals surface area contributed by atoms with Crippen molar-refractivity contribution in [3.8, 4) is 0 Å². The summed E-state index contributed by atoms with van der Waals surface area (Å²) in [5, 5.41) is 5.38. The van der Waals surface area contributed by atoms with E-state index in [2.05, 4.69) is 18.3 Å². The van der Waals surface area contributed by atoms with E-state index in [1.807, 2.05) is 32.2 Å². The van der Waals surface area contributed by atoms with Crippen LogP contribution in [0, 0.1) is 17.8 Å². The third kappa shape index (κ3) is 3.49. The number of hydrogen-bond donors (Lipinski definition) is 1. The Bertz CT molecular complexity index is 223. The third-order valence-electron chi connectivity index (χ3n) is 3.44. The van der Waals surface area contributed by atoms with E-state index in [4.69, 9.17) is 4.84 Å². The van der Waals surface area contributed by atoms with E-state index in [0.717, 1.165) is 18.4 Å². The van der Waals surface area contributed by atoms with Gasteiger partial charge in [-0.2, -0.15) is 0 Å². The molecule has 2 aliphatic heterocycles. The van der Waals surface area contributed by atoms with Gasteiger partial charge in [-0.25, -0.2) is 0 Å². The van der Waals surface area contributed by atoms with Crippen LogP contribution in [-0.2, 0) is 4.84 Å². The monoisotopic (exact) mass is 228 g/mol. The van der Waals surface area contributed by atoms with Crippen molar-refractivity contribution in [1.29, 1.82) is 0 Å². The van der Waals surface area contributed by atoms with Crippen LogP contribution in [0.1, 0.15) is 28.6 Å². The van der Waals surface area contributed by atoms with Crippen LogP contribution in [0.4, 0.5) is 0 Å². The highest BCUT2D eigenvalue weighted by Crippen LogP contribution is 2.29. The number of nitrogens with one attached hydrogen (secondary N) is 1. The lowest BCUT2D eigenvalue weighted by Gasteiger charge is -2.37. The van der Waals surface area contributed by atoms with E-state index in [1.165, 1.54) is 19.5 Å². The summed E-state index contributed by atoms with van der Waals surface area (Å²) in [5.74, 6) is 2.27. The second-order valence-corrected chi connectivity index (χ2v) is 4.54. The number of hydrogen-bond acceptors (Lipinski definition) is 3. The summed E-state index contributed by atoms with van der Waals surface area (Å²) in [6.07, 6.45) is 5.36. The van der Waals surface area contributed by atoms with E-state index in [1.54, 1.807) is 0 Å². The van der Waals surface area contributed by atoms with Crippen molar-refractivity contribution in [2.75, 3.05) is 26.7 Å². The fraction of sp³-hybridized carbons (Fsp3) is 0.846. The molecule has 0 aliphatic carbocycles. The highest BCUT2D eigenvalue weighted by Gasteiger charge is 2.29. The zero-order valence-electron chi connectivity index (χ0n) is 11.1. The summed E-state index contributed by atoms with van der Waals surface area (Å²) in [6.45, 7) is 9.72. The number of nitrogens with zero attached hydrogens (tertiary/aromatic N) is 1. The van der Waals surface area contributed by atoms with Crippen molar-refractivity contribution in [3.63, 3.8) is 0 Å². The average Bonchev–Trinajstić information content (AvgIpc) is 2.32. The highest BCUT2D eigenvalue weighted by molar-refractivity contribution is 4.94. The first-order valence-electron chi connectivity index (χ1n) is 6.52. The van der Waals surface area contributed by atoms with Crippen molar-refractivity contribution >= 4 is 0 Å². The second kappa shape index (κ2) is 6.92. The minimum atomic E-state index is 0. The molecule has 0 radical (unpaired) electrons. The molecule has 1 fully saturated rings. The quantitative estimate of drug-likeness (QED) is 0.746. The van der Waals surface area contributed by atoms with Crippen molar-refractivity contribution in [3.05, 3.63) is 12.3 Å². The average molecular weight is 228 g/mol. The molecule has 3 nitrogen and oxygen atoms in total. The molecule has 3 atom stereocenters. The van der Waals surface area contributed by atoms with Crippen LogP contribution in [0.25, 0.3) is 0 Å². The zero-order chi connectivity index (χ0) is 12.0. The van der Waals surface area contributed by atoms with Gasteiger partial charge in [-0.1, -0.05) is 20.8 Å². The Hall–Kier alpha value is -0.540. The molecule has 2 aliphatic rings. The Kier molecular flexibility index (Phi) is 5.85. The molecule has 0 spiro atoms. The minimum absolute atomic E-state index is 0. The van der Waals surface area contributed by atoms with Gasteiger partial charge in [0, 0.05) is 15.0 Å². The van der Waals surface area contributed by atoms with Gasteiger partial charge in [0.25, 0.3) is 0 Å². The molecule has 0 bridgehead atoms. The SMILES string of the molecule is CC.CC1CNCCC1C1C=CON(C)C1.[HH]. The first-order valence-corrected chi connectivity index (χ1v) is 6.52. The van der Waals surface area contributed by atoms with Gasteiger partial charge in [0.15, 0.2) is 0 Å². The first-order chi connectivity index (χ1) is 7.77. The van der Waals surface area contributed by atoms with Crippen LogP contribution in [0.5, 0.6) is 0 Å². The second-order valence-electron chi connectivity index (χ2n) is 4.54. The molecule has 0 amide bonds. The Balaban J connectivity index is 0.000000811. The van der Waals surface area contributed by atoms with Crippen molar-refractivity contribution < 1.29 is 6.26 Å². The van der Waals surface area contributed by atoms with Gasteiger partial charge in [0.1, 0.15) is 6.26 Å². The standard InChI is InChI=1S/C11H20N2O.C2H6.H2/c1-9-7-12-5-3-11(9)10-4-6-14-13(2)8-10;1-2;/h4,6,9-12H,3,5,7-8H2,1-2H3;1-2H3;1H. The smallest absolute Gasteiger partial charge is 0.107 e. The molecule has 0 aromatic heterocycles. The van der Waals surface area contributed by atoms with E-state index < -0.39 is 0 Å². The highest BCUT2D eigenvalue weighted by atomic mass is 16.7. The summed E-state index contributed by atoms with van der Waals surface area (Å²) in [6, 6.07) is 0. The number of hydroxylamine groups is 2. The van der Waals surface area contributed by atoms with Gasteiger partial charge < -0.3 is 10.2 Å². The summed E-state index contributed by atoms with van der Waals surface area (Å²) in [5.41, 5.74) is 0. The molecule has 0 aromatic rings. The summed E-state index contributed by atoms with van der Waals surface area (Å²) >= 11 is 0. The van der Waals surface area contributed by atoms with Crippen LogP contribution in [0.3, 0.4) is 0 Å². The Morgan fingerprint density at radius 1 is 1.44 bits per heavy atom. The lowest BCUT2D eigenvalue weighted by molar-refractivity contribution is -0.105. The minimum Gasteiger partial charge on any atom is -0.414 e. The van der Waals surface area contributed by atoms with E-state index in [0.29, 0.717) is 5.92 Å². The molecule has 1 N–H and O–H groups in total. The number of piperidine rings is 1. The first kappa shape index (κ1) is 13.5.